The van der Waals surface area contributed by atoms with Gasteiger partial charge in [-0.3, -0.25) is 9.69 Å². The first-order valence-electron chi connectivity index (χ1n) is 12.9. The van der Waals surface area contributed by atoms with Crippen molar-refractivity contribution < 1.29 is 23.0 Å². The molecular formula is C30H33F2N3O3. The molecule has 2 unspecified atom stereocenters. The molecule has 0 bridgehead atoms. The van der Waals surface area contributed by atoms with Crippen LogP contribution < -0.4 is 14.4 Å². The van der Waals surface area contributed by atoms with E-state index in [1.54, 1.807) is 44.6 Å². The second-order valence-electron chi connectivity index (χ2n) is 9.97. The van der Waals surface area contributed by atoms with Crippen molar-refractivity contribution in [2.45, 2.75) is 5.92 Å². The van der Waals surface area contributed by atoms with E-state index in [4.69, 9.17) is 9.47 Å². The summed E-state index contributed by atoms with van der Waals surface area (Å²) in [6.45, 7) is 5.35. The first-order valence-corrected chi connectivity index (χ1v) is 12.9. The van der Waals surface area contributed by atoms with Gasteiger partial charge in [0.05, 0.1) is 14.2 Å². The summed E-state index contributed by atoms with van der Waals surface area (Å²) >= 11 is 0. The lowest BCUT2D eigenvalue weighted by molar-refractivity contribution is 0.0782. The monoisotopic (exact) mass is 521 g/mol. The average molecular weight is 522 g/mol. The third-order valence-electron chi connectivity index (χ3n) is 7.69. The Morgan fingerprint density at radius 1 is 0.842 bits per heavy atom. The number of hydrogen-bond donors (Lipinski definition) is 0. The summed E-state index contributed by atoms with van der Waals surface area (Å²) in [7, 11) is 3.11. The van der Waals surface area contributed by atoms with Gasteiger partial charge in [-0.1, -0.05) is 12.1 Å². The summed E-state index contributed by atoms with van der Waals surface area (Å²) in [5.74, 6) is 0.706. The standard InChI is InChI=1S/C30H33F2N3O3/c1-37-28-11-6-22(17-29(28)38-2)30(36)35-19-23(27(20-35)21-4-3-5-25(32)16-21)18-33-12-14-34(15-13-33)26-9-7-24(31)8-10-26/h3-11,16-17,23,27H,12-15,18-20H2,1-2H3. The number of ether oxygens (including phenoxy) is 2. The lowest BCUT2D eigenvalue weighted by atomic mass is 9.88. The minimum atomic E-state index is -0.265. The molecule has 2 saturated heterocycles. The first kappa shape index (κ1) is 26.0. The van der Waals surface area contributed by atoms with Crippen LogP contribution in [0.5, 0.6) is 11.5 Å². The second-order valence-corrected chi connectivity index (χ2v) is 9.97. The number of likely N-dealkylation sites (tertiary alicyclic amines) is 1. The van der Waals surface area contributed by atoms with Crippen LogP contribution in [-0.4, -0.2) is 75.7 Å². The molecule has 2 heterocycles. The van der Waals surface area contributed by atoms with Crippen molar-refractivity contribution in [3.63, 3.8) is 0 Å². The smallest absolute Gasteiger partial charge is 0.254 e. The number of methoxy groups -OCH3 is 2. The number of piperazine rings is 1. The number of carbonyl (C=O) groups is 1. The SMILES string of the molecule is COc1ccc(C(=O)N2CC(CN3CCN(c4ccc(F)cc4)CC3)C(c3cccc(F)c3)C2)cc1OC. The van der Waals surface area contributed by atoms with Crippen LogP contribution in [0.25, 0.3) is 0 Å². The summed E-state index contributed by atoms with van der Waals surface area (Å²) in [6.07, 6.45) is 0. The van der Waals surface area contributed by atoms with Crippen LogP contribution >= 0.6 is 0 Å². The fourth-order valence-corrected chi connectivity index (χ4v) is 5.66. The molecule has 0 radical (unpaired) electrons. The molecule has 3 aromatic rings. The fraction of sp³-hybridized carbons (Fsp3) is 0.367. The Morgan fingerprint density at radius 3 is 2.26 bits per heavy atom. The van der Waals surface area contributed by atoms with E-state index in [1.807, 2.05) is 23.1 Å². The molecule has 3 aromatic carbocycles. The number of nitrogens with zero attached hydrogens (tertiary/aromatic N) is 3. The molecule has 6 nitrogen and oxygen atoms in total. The van der Waals surface area contributed by atoms with Gasteiger partial charge >= 0.3 is 0 Å². The molecule has 0 N–H and O–H groups in total. The summed E-state index contributed by atoms with van der Waals surface area (Å²) in [5.41, 5.74) is 2.48. The van der Waals surface area contributed by atoms with Crippen LogP contribution in [0.15, 0.2) is 66.7 Å². The zero-order valence-electron chi connectivity index (χ0n) is 21.8. The van der Waals surface area contributed by atoms with E-state index in [2.05, 4.69) is 9.80 Å². The molecule has 0 saturated carbocycles. The molecule has 1 amide bonds. The van der Waals surface area contributed by atoms with Crippen LogP contribution in [0.4, 0.5) is 14.5 Å². The molecule has 0 aromatic heterocycles. The quantitative estimate of drug-likeness (QED) is 0.453. The zero-order valence-corrected chi connectivity index (χ0v) is 21.8. The maximum absolute atomic E-state index is 14.2. The van der Waals surface area contributed by atoms with Gasteiger partial charge in [0.15, 0.2) is 11.5 Å². The number of benzene rings is 3. The Hall–Kier alpha value is -3.65. The van der Waals surface area contributed by atoms with Crippen molar-refractivity contribution in [2.75, 3.05) is 64.9 Å². The second kappa shape index (κ2) is 11.4. The predicted octanol–water partition coefficient (Wildman–Crippen LogP) is 4.66. The first-order chi connectivity index (χ1) is 18.4. The van der Waals surface area contributed by atoms with Crippen LogP contribution in [0.1, 0.15) is 21.8 Å². The number of hydrogen-bond acceptors (Lipinski definition) is 5. The molecule has 8 heteroatoms. The van der Waals surface area contributed by atoms with Gasteiger partial charge in [-0.15, -0.1) is 0 Å². The van der Waals surface area contributed by atoms with Crippen LogP contribution in [0.2, 0.25) is 0 Å². The Balaban J connectivity index is 1.30. The zero-order chi connectivity index (χ0) is 26.6. The van der Waals surface area contributed by atoms with Crippen molar-refractivity contribution in [3.05, 3.63) is 89.5 Å². The Labute approximate surface area is 222 Å². The molecule has 0 aliphatic carbocycles. The highest BCUT2D eigenvalue weighted by molar-refractivity contribution is 5.95. The normalized spacial score (nSPS) is 20.0. The van der Waals surface area contributed by atoms with Gasteiger partial charge in [0.25, 0.3) is 5.91 Å². The molecule has 2 aliphatic heterocycles. The van der Waals surface area contributed by atoms with E-state index < -0.39 is 0 Å². The highest BCUT2D eigenvalue weighted by atomic mass is 19.1. The molecule has 0 spiro atoms. The van der Waals surface area contributed by atoms with Gasteiger partial charge < -0.3 is 19.3 Å². The van der Waals surface area contributed by atoms with Crippen molar-refractivity contribution in [2.24, 2.45) is 5.92 Å². The summed E-state index contributed by atoms with van der Waals surface area (Å²) < 4.78 is 38.2. The van der Waals surface area contributed by atoms with Crippen LogP contribution in [0.3, 0.4) is 0 Å². The highest BCUT2D eigenvalue weighted by Gasteiger charge is 2.38. The number of halogens is 2. The fourth-order valence-electron chi connectivity index (χ4n) is 5.66. The Bertz CT molecular complexity index is 1260. The van der Waals surface area contributed by atoms with Crippen LogP contribution in [-0.2, 0) is 0 Å². The highest BCUT2D eigenvalue weighted by Crippen LogP contribution is 2.36. The van der Waals surface area contributed by atoms with Gasteiger partial charge in [0.1, 0.15) is 11.6 Å². The topological polar surface area (TPSA) is 45.2 Å². The van der Waals surface area contributed by atoms with E-state index in [0.29, 0.717) is 30.2 Å². The minimum absolute atomic E-state index is 0.0323. The maximum Gasteiger partial charge on any atom is 0.254 e. The maximum atomic E-state index is 14.2. The molecule has 38 heavy (non-hydrogen) atoms. The van der Waals surface area contributed by atoms with E-state index in [-0.39, 0.29) is 29.4 Å². The largest absolute Gasteiger partial charge is 0.493 e. The lowest BCUT2D eigenvalue weighted by Crippen LogP contribution is -2.48. The lowest BCUT2D eigenvalue weighted by Gasteiger charge is -2.37. The number of amides is 1. The average Bonchev–Trinajstić information content (AvgIpc) is 3.37. The van der Waals surface area contributed by atoms with Gasteiger partial charge in [0, 0.05) is 63.0 Å². The van der Waals surface area contributed by atoms with Gasteiger partial charge in [-0.2, -0.15) is 0 Å². The molecule has 200 valence electrons. The van der Waals surface area contributed by atoms with Crippen molar-refractivity contribution >= 4 is 11.6 Å². The summed E-state index contributed by atoms with van der Waals surface area (Å²) in [6, 6.07) is 18.6. The summed E-state index contributed by atoms with van der Waals surface area (Å²) in [5, 5.41) is 0. The van der Waals surface area contributed by atoms with E-state index in [0.717, 1.165) is 44.0 Å². The predicted molar refractivity (Wildman–Crippen MR) is 143 cm³/mol. The van der Waals surface area contributed by atoms with E-state index in [9.17, 15) is 13.6 Å². The van der Waals surface area contributed by atoms with Crippen molar-refractivity contribution in [3.8, 4) is 11.5 Å². The van der Waals surface area contributed by atoms with Gasteiger partial charge in [-0.25, -0.2) is 8.78 Å². The molecule has 2 fully saturated rings. The minimum Gasteiger partial charge on any atom is -0.493 e. The van der Waals surface area contributed by atoms with Gasteiger partial charge in [0.2, 0.25) is 0 Å². The van der Waals surface area contributed by atoms with E-state index >= 15 is 0 Å². The van der Waals surface area contributed by atoms with Crippen LogP contribution in [0, 0.1) is 17.6 Å². The number of carbonyl (C=O) groups excluding carboxylic acids is 1. The van der Waals surface area contributed by atoms with Crippen molar-refractivity contribution in [1.82, 2.24) is 9.80 Å². The number of rotatable bonds is 7. The summed E-state index contributed by atoms with van der Waals surface area (Å²) in [4.78, 5) is 20.1. The van der Waals surface area contributed by atoms with Crippen molar-refractivity contribution in [1.29, 1.82) is 0 Å². The molecule has 5 rings (SSSR count). The number of anilines is 1. The Morgan fingerprint density at radius 2 is 1.58 bits per heavy atom. The van der Waals surface area contributed by atoms with Gasteiger partial charge in [-0.05, 0) is 66.1 Å². The van der Waals surface area contributed by atoms with E-state index in [1.165, 1.54) is 18.2 Å². The third kappa shape index (κ3) is 5.60. The Kier molecular flexibility index (Phi) is 7.79. The third-order valence-corrected chi connectivity index (χ3v) is 7.69. The molecular weight excluding hydrogens is 488 g/mol. The molecule has 2 atom stereocenters. The molecule has 2 aliphatic rings.